The summed E-state index contributed by atoms with van der Waals surface area (Å²) >= 11 is 0. The number of anilines is 3. The number of fused-ring (bicyclic) bond motifs is 9. The number of aromatic nitrogens is 3. The van der Waals surface area contributed by atoms with Gasteiger partial charge in [0.1, 0.15) is 11.2 Å². The van der Waals surface area contributed by atoms with Crippen LogP contribution in [0, 0.1) is 0 Å². The molecule has 6 nitrogen and oxygen atoms in total. The standard InChI is InChI=1S/C52H32N4O2/c1-5-19-47-39(15-1)40-16-2-6-20-48(40)56(47)36-25-23-35(24-26-36)55(37-13-9-11-33(27-37)45-29-43-41-17-3-7-21-49(41)57-51(43)31-53-45)38-14-10-12-34(28-38)46-30-44-42-18-4-8-22-50(42)58-52(44)32-54-46/h1-32H. The summed E-state index contributed by atoms with van der Waals surface area (Å²) in [5.41, 5.74) is 13.5. The lowest BCUT2D eigenvalue weighted by molar-refractivity contribution is 0.666. The van der Waals surface area contributed by atoms with Gasteiger partial charge in [-0.05, 0) is 84.9 Å². The molecule has 5 heterocycles. The lowest BCUT2D eigenvalue weighted by Crippen LogP contribution is -2.10. The van der Waals surface area contributed by atoms with Gasteiger partial charge in [-0.1, -0.05) is 97.1 Å². The fourth-order valence-electron chi connectivity index (χ4n) is 8.59. The van der Waals surface area contributed by atoms with Gasteiger partial charge in [-0.3, -0.25) is 9.97 Å². The molecule has 0 saturated carbocycles. The molecule has 0 N–H and O–H groups in total. The van der Waals surface area contributed by atoms with Crippen LogP contribution in [0.1, 0.15) is 0 Å². The lowest BCUT2D eigenvalue weighted by atomic mass is 10.0. The molecule has 7 aromatic carbocycles. The van der Waals surface area contributed by atoms with Crippen molar-refractivity contribution in [3.8, 4) is 28.2 Å². The first-order valence-corrected chi connectivity index (χ1v) is 19.4. The first kappa shape index (κ1) is 32.3. The van der Waals surface area contributed by atoms with E-state index < -0.39 is 0 Å². The van der Waals surface area contributed by atoms with Crippen molar-refractivity contribution in [2.45, 2.75) is 0 Å². The summed E-state index contributed by atoms with van der Waals surface area (Å²) < 4.78 is 14.6. The maximum absolute atomic E-state index is 6.11. The summed E-state index contributed by atoms with van der Waals surface area (Å²) in [5, 5.41) is 6.73. The molecule has 0 radical (unpaired) electrons. The second kappa shape index (κ2) is 12.8. The van der Waals surface area contributed by atoms with E-state index in [0.29, 0.717) is 0 Å². The first-order chi connectivity index (χ1) is 28.7. The van der Waals surface area contributed by atoms with Gasteiger partial charge in [0.25, 0.3) is 0 Å². The maximum atomic E-state index is 6.11. The summed E-state index contributed by atoms with van der Waals surface area (Å²) in [5.74, 6) is 0. The number of hydrogen-bond acceptors (Lipinski definition) is 5. The Morgan fingerprint density at radius 3 is 1.34 bits per heavy atom. The zero-order chi connectivity index (χ0) is 38.2. The molecule has 12 rings (SSSR count). The smallest absolute Gasteiger partial charge is 0.153 e. The van der Waals surface area contributed by atoms with Crippen molar-refractivity contribution >= 4 is 82.7 Å². The van der Waals surface area contributed by atoms with Gasteiger partial charge in [0.05, 0.1) is 34.8 Å². The van der Waals surface area contributed by atoms with E-state index >= 15 is 0 Å². The van der Waals surface area contributed by atoms with E-state index in [9.17, 15) is 0 Å². The third-order valence-corrected chi connectivity index (χ3v) is 11.3. The summed E-state index contributed by atoms with van der Waals surface area (Å²) in [4.78, 5) is 12.1. The monoisotopic (exact) mass is 744 g/mol. The molecule has 0 atom stereocenters. The zero-order valence-corrected chi connectivity index (χ0v) is 31.1. The average Bonchev–Trinajstić information content (AvgIpc) is 3.96. The van der Waals surface area contributed by atoms with E-state index in [-0.39, 0.29) is 0 Å². The maximum Gasteiger partial charge on any atom is 0.153 e. The van der Waals surface area contributed by atoms with E-state index in [0.717, 1.165) is 89.1 Å². The Bertz CT molecular complexity index is 3330. The van der Waals surface area contributed by atoms with Crippen LogP contribution >= 0.6 is 0 Å². The fraction of sp³-hybridized carbons (Fsp3) is 0. The van der Waals surface area contributed by atoms with Gasteiger partial charge in [0.2, 0.25) is 0 Å². The fourth-order valence-corrected chi connectivity index (χ4v) is 8.59. The van der Waals surface area contributed by atoms with E-state index in [1.807, 2.05) is 48.8 Å². The van der Waals surface area contributed by atoms with Crippen molar-refractivity contribution in [2.24, 2.45) is 0 Å². The summed E-state index contributed by atoms with van der Waals surface area (Å²) in [6.45, 7) is 0. The van der Waals surface area contributed by atoms with E-state index in [1.165, 1.54) is 21.8 Å². The second-order valence-corrected chi connectivity index (χ2v) is 14.7. The number of pyridine rings is 2. The number of furan rings is 2. The quantitative estimate of drug-likeness (QED) is 0.170. The molecule has 0 bridgehead atoms. The van der Waals surface area contributed by atoms with E-state index in [2.05, 4.69) is 155 Å². The molecule has 0 saturated heterocycles. The Balaban J connectivity index is 1.00. The van der Waals surface area contributed by atoms with Crippen molar-refractivity contribution in [3.63, 3.8) is 0 Å². The van der Waals surface area contributed by atoms with Crippen molar-refractivity contribution in [2.75, 3.05) is 4.90 Å². The minimum atomic E-state index is 0.776. The Morgan fingerprint density at radius 1 is 0.362 bits per heavy atom. The molecule has 0 aliphatic heterocycles. The number of benzene rings is 7. The molecule has 6 heteroatoms. The molecule has 0 spiro atoms. The van der Waals surface area contributed by atoms with Gasteiger partial charge < -0.3 is 18.3 Å². The molecule has 0 fully saturated rings. The second-order valence-electron chi connectivity index (χ2n) is 14.7. The predicted molar refractivity (Wildman–Crippen MR) is 236 cm³/mol. The van der Waals surface area contributed by atoms with Gasteiger partial charge in [0.15, 0.2) is 11.2 Å². The highest BCUT2D eigenvalue weighted by atomic mass is 16.3. The van der Waals surface area contributed by atoms with Crippen LogP contribution in [0.15, 0.2) is 203 Å². The number of para-hydroxylation sites is 4. The molecule has 5 aromatic heterocycles. The van der Waals surface area contributed by atoms with Crippen LogP contribution in [-0.4, -0.2) is 14.5 Å². The highest BCUT2D eigenvalue weighted by molar-refractivity contribution is 6.09. The molecule has 12 aromatic rings. The Hall–Kier alpha value is -7.96. The third kappa shape index (κ3) is 5.12. The average molecular weight is 745 g/mol. The van der Waals surface area contributed by atoms with Crippen molar-refractivity contribution in [3.05, 3.63) is 194 Å². The molecule has 0 aliphatic carbocycles. The topological polar surface area (TPSA) is 60.2 Å². The molecular formula is C52H32N4O2. The van der Waals surface area contributed by atoms with Crippen molar-refractivity contribution in [1.82, 2.24) is 14.5 Å². The Kier molecular flexibility index (Phi) is 7.13. The lowest BCUT2D eigenvalue weighted by Gasteiger charge is -2.27. The summed E-state index contributed by atoms with van der Waals surface area (Å²) in [6, 6.07) is 63.8. The summed E-state index contributed by atoms with van der Waals surface area (Å²) in [6.07, 6.45) is 3.66. The van der Waals surface area contributed by atoms with Crippen LogP contribution in [0.4, 0.5) is 17.1 Å². The largest absolute Gasteiger partial charge is 0.454 e. The predicted octanol–water partition coefficient (Wildman–Crippen LogP) is 14.2. The minimum absolute atomic E-state index is 0.776. The van der Waals surface area contributed by atoms with Crippen molar-refractivity contribution in [1.29, 1.82) is 0 Å². The van der Waals surface area contributed by atoms with E-state index in [1.54, 1.807) is 0 Å². The highest BCUT2D eigenvalue weighted by Crippen LogP contribution is 2.41. The van der Waals surface area contributed by atoms with Gasteiger partial charge in [-0.15, -0.1) is 0 Å². The van der Waals surface area contributed by atoms with Crippen molar-refractivity contribution < 1.29 is 8.83 Å². The third-order valence-electron chi connectivity index (χ3n) is 11.3. The normalized spacial score (nSPS) is 11.8. The van der Waals surface area contributed by atoms with Gasteiger partial charge in [-0.25, -0.2) is 0 Å². The molecule has 58 heavy (non-hydrogen) atoms. The minimum Gasteiger partial charge on any atom is -0.454 e. The van der Waals surface area contributed by atoms with E-state index in [4.69, 9.17) is 18.8 Å². The molecule has 272 valence electrons. The van der Waals surface area contributed by atoms with Gasteiger partial charge >= 0.3 is 0 Å². The van der Waals surface area contributed by atoms with Crippen LogP contribution in [0.2, 0.25) is 0 Å². The number of nitrogens with zero attached hydrogens (tertiary/aromatic N) is 4. The zero-order valence-electron chi connectivity index (χ0n) is 31.1. The molecule has 0 unspecified atom stereocenters. The van der Waals surface area contributed by atoms with Gasteiger partial charge in [-0.2, -0.15) is 0 Å². The van der Waals surface area contributed by atoms with Crippen LogP contribution in [-0.2, 0) is 0 Å². The van der Waals surface area contributed by atoms with Crippen LogP contribution in [0.3, 0.4) is 0 Å². The number of rotatable bonds is 6. The SMILES string of the molecule is c1cc(-c2cc3c(cn2)oc2ccccc23)cc(N(c2ccc(-n3c4ccccc4c4ccccc43)cc2)c2cccc(-c3cc4c(cn3)oc3ccccc34)c2)c1. The summed E-state index contributed by atoms with van der Waals surface area (Å²) in [7, 11) is 0. The van der Waals surface area contributed by atoms with Crippen LogP contribution in [0.25, 0.3) is 93.9 Å². The molecular weight excluding hydrogens is 713 g/mol. The number of hydrogen-bond donors (Lipinski definition) is 0. The Labute approximate surface area is 332 Å². The Morgan fingerprint density at radius 2 is 0.828 bits per heavy atom. The molecule has 0 amide bonds. The van der Waals surface area contributed by atoms with Gasteiger partial charge in [0, 0.05) is 66.2 Å². The van der Waals surface area contributed by atoms with Crippen LogP contribution < -0.4 is 4.90 Å². The highest BCUT2D eigenvalue weighted by Gasteiger charge is 2.18. The van der Waals surface area contributed by atoms with Crippen LogP contribution in [0.5, 0.6) is 0 Å². The first-order valence-electron chi connectivity index (χ1n) is 19.4. The molecule has 0 aliphatic rings.